The molecule has 1 aromatic rings. The molecule has 3 nitrogen and oxygen atoms in total. The maximum Gasteiger partial charge on any atom is 0.326 e. The van der Waals surface area contributed by atoms with Crippen LogP contribution in [-0.2, 0) is 16.0 Å². The molecular weight excluding hydrogens is 262 g/mol. The predicted octanol–water partition coefficient (Wildman–Crippen LogP) is 2.43. The van der Waals surface area contributed by atoms with E-state index in [4.69, 9.17) is 22.8 Å². The molecule has 0 heterocycles. The highest BCUT2D eigenvalue weighted by molar-refractivity contribution is 6.30. The van der Waals surface area contributed by atoms with Crippen LogP contribution in [0.5, 0.6) is 0 Å². The predicted molar refractivity (Wildman–Crippen MR) is 77.0 cm³/mol. The van der Waals surface area contributed by atoms with E-state index < -0.39 is 5.54 Å². The van der Waals surface area contributed by atoms with Gasteiger partial charge in [-0.15, -0.1) is 6.42 Å². The first kappa shape index (κ1) is 15.6. The number of carbonyl (C=O) groups excluding carboxylic acids is 1. The first-order valence-electron chi connectivity index (χ1n) is 6.12. The molecule has 0 radical (unpaired) electrons. The van der Waals surface area contributed by atoms with Crippen molar-refractivity contribution in [3.8, 4) is 12.3 Å². The Labute approximate surface area is 119 Å². The average Bonchev–Trinajstić information content (AvgIpc) is 2.39. The van der Waals surface area contributed by atoms with Crippen molar-refractivity contribution in [3.05, 3.63) is 34.9 Å². The zero-order valence-electron chi connectivity index (χ0n) is 11.2. The molecule has 1 unspecified atom stereocenters. The van der Waals surface area contributed by atoms with Crippen molar-refractivity contribution in [1.82, 2.24) is 5.32 Å². The first-order chi connectivity index (χ1) is 9.01. The molecule has 0 fully saturated rings. The smallest absolute Gasteiger partial charge is 0.326 e. The molecule has 1 aromatic carbocycles. The summed E-state index contributed by atoms with van der Waals surface area (Å²) >= 11 is 5.85. The Hall–Kier alpha value is -1.50. The Bertz CT molecular complexity index is 464. The number of rotatable bonds is 6. The van der Waals surface area contributed by atoms with E-state index in [1.165, 1.54) is 0 Å². The Morgan fingerprint density at radius 2 is 2.11 bits per heavy atom. The summed E-state index contributed by atoms with van der Waals surface area (Å²) in [4.78, 5) is 12.1. The lowest BCUT2D eigenvalue weighted by Crippen LogP contribution is -2.52. The largest absolute Gasteiger partial charge is 0.465 e. The maximum atomic E-state index is 12.1. The van der Waals surface area contributed by atoms with Gasteiger partial charge in [-0.25, -0.2) is 0 Å². The van der Waals surface area contributed by atoms with Crippen LogP contribution in [0.1, 0.15) is 19.4 Å². The van der Waals surface area contributed by atoms with E-state index in [-0.39, 0.29) is 5.97 Å². The number of hydrogen-bond acceptors (Lipinski definition) is 3. The Morgan fingerprint density at radius 3 is 2.63 bits per heavy atom. The van der Waals surface area contributed by atoms with Crippen molar-refractivity contribution >= 4 is 17.6 Å². The third-order valence-corrected chi connectivity index (χ3v) is 3.03. The van der Waals surface area contributed by atoms with Gasteiger partial charge in [-0.1, -0.05) is 29.7 Å². The van der Waals surface area contributed by atoms with E-state index in [0.29, 0.717) is 24.6 Å². The summed E-state index contributed by atoms with van der Waals surface area (Å²) < 4.78 is 5.10. The zero-order valence-corrected chi connectivity index (χ0v) is 12.0. The normalized spacial score (nSPS) is 13.4. The SMILES string of the molecule is C#CCNC(C)(Cc1ccc(Cl)cc1)C(=O)OCC. The summed E-state index contributed by atoms with van der Waals surface area (Å²) in [5.41, 5.74) is 0.153. The molecule has 1 N–H and O–H groups in total. The van der Waals surface area contributed by atoms with Crippen molar-refractivity contribution < 1.29 is 9.53 Å². The van der Waals surface area contributed by atoms with Crippen molar-refractivity contribution in [1.29, 1.82) is 0 Å². The summed E-state index contributed by atoms with van der Waals surface area (Å²) in [6, 6.07) is 7.36. The zero-order chi connectivity index (χ0) is 14.3. The second kappa shape index (κ2) is 7.18. The van der Waals surface area contributed by atoms with E-state index in [0.717, 1.165) is 5.56 Å². The Morgan fingerprint density at radius 1 is 1.47 bits per heavy atom. The minimum Gasteiger partial charge on any atom is -0.465 e. The van der Waals surface area contributed by atoms with Gasteiger partial charge in [0.05, 0.1) is 13.2 Å². The average molecular weight is 280 g/mol. The van der Waals surface area contributed by atoms with E-state index >= 15 is 0 Å². The van der Waals surface area contributed by atoms with Gasteiger partial charge >= 0.3 is 5.97 Å². The van der Waals surface area contributed by atoms with Gasteiger partial charge in [-0.05, 0) is 31.5 Å². The number of esters is 1. The number of halogens is 1. The van der Waals surface area contributed by atoms with Crippen LogP contribution < -0.4 is 5.32 Å². The molecule has 102 valence electrons. The quantitative estimate of drug-likeness (QED) is 0.642. The molecule has 19 heavy (non-hydrogen) atoms. The molecule has 0 spiro atoms. The van der Waals surface area contributed by atoms with Gasteiger partial charge < -0.3 is 4.74 Å². The molecule has 0 bridgehead atoms. The lowest BCUT2D eigenvalue weighted by atomic mass is 9.92. The lowest BCUT2D eigenvalue weighted by molar-refractivity contribution is -0.150. The van der Waals surface area contributed by atoms with E-state index in [1.54, 1.807) is 26.0 Å². The van der Waals surface area contributed by atoms with E-state index in [2.05, 4.69) is 11.2 Å². The topological polar surface area (TPSA) is 38.3 Å². The number of benzene rings is 1. The monoisotopic (exact) mass is 279 g/mol. The van der Waals surface area contributed by atoms with Gasteiger partial charge in [0, 0.05) is 11.4 Å². The summed E-state index contributed by atoms with van der Waals surface area (Å²) in [6.45, 7) is 4.22. The van der Waals surface area contributed by atoms with Crippen molar-refractivity contribution in [2.75, 3.05) is 13.2 Å². The second-order valence-electron chi connectivity index (χ2n) is 4.41. The van der Waals surface area contributed by atoms with Crippen LogP contribution in [0, 0.1) is 12.3 Å². The number of ether oxygens (including phenoxy) is 1. The third kappa shape index (κ3) is 4.59. The fraction of sp³-hybridized carbons (Fsp3) is 0.400. The van der Waals surface area contributed by atoms with Gasteiger partial charge in [-0.2, -0.15) is 0 Å². The highest BCUT2D eigenvalue weighted by atomic mass is 35.5. The number of terminal acetylenes is 1. The molecule has 4 heteroatoms. The molecule has 0 saturated carbocycles. The highest BCUT2D eigenvalue weighted by Crippen LogP contribution is 2.17. The van der Waals surface area contributed by atoms with Crippen molar-refractivity contribution in [2.24, 2.45) is 0 Å². The summed E-state index contributed by atoms with van der Waals surface area (Å²) in [5, 5.41) is 3.71. The van der Waals surface area contributed by atoms with Crippen molar-refractivity contribution in [3.63, 3.8) is 0 Å². The van der Waals surface area contributed by atoms with Gasteiger partial charge in [-0.3, -0.25) is 10.1 Å². The van der Waals surface area contributed by atoms with Gasteiger partial charge in [0.2, 0.25) is 0 Å². The molecule has 0 aliphatic heterocycles. The van der Waals surface area contributed by atoms with E-state index in [1.807, 2.05) is 12.1 Å². The molecule has 0 saturated heterocycles. The second-order valence-corrected chi connectivity index (χ2v) is 4.85. The van der Waals surface area contributed by atoms with Crippen molar-refractivity contribution in [2.45, 2.75) is 25.8 Å². The standard InChI is InChI=1S/C15H18ClNO2/c1-4-10-17-15(3,14(18)19-5-2)11-12-6-8-13(16)9-7-12/h1,6-9,17H,5,10-11H2,2-3H3. The summed E-state index contributed by atoms with van der Waals surface area (Å²) in [6.07, 6.45) is 5.73. The maximum absolute atomic E-state index is 12.1. The first-order valence-corrected chi connectivity index (χ1v) is 6.50. The molecular formula is C15H18ClNO2. The van der Waals surface area contributed by atoms with Crippen LogP contribution >= 0.6 is 11.6 Å². The third-order valence-electron chi connectivity index (χ3n) is 2.78. The molecule has 1 rings (SSSR count). The van der Waals surface area contributed by atoms with Crippen LogP contribution in [-0.4, -0.2) is 24.7 Å². The van der Waals surface area contributed by atoms with Gasteiger partial charge in [0.1, 0.15) is 5.54 Å². The highest BCUT2D eigenvalue weighted by Gasteiger charge is 2.34. The fourth-order valence-corrected chi connectivity index (χ4v) is 1.88. The van der Waals surface area contributed by atoms with Crippen LogP contribution in [0.15, 0.2) is 24.3 Å². The van der Waals surface area contributed by atoms with Crippen LogP contribution in [0.2, 0.25) is 5.02 Å². The minimum absolute atomic E-state index is 0.305. The molecule has 0 amide bonds. The van der Waals surface area contributed by atoms with Crippen LogP contribution in [0.25, 0.3) is 0 Å². The summed E-state index contributed by atoms with van der Waals surface area (Å²) in [7, 11) is 0. The molecule has 0 aliphatic carbocycles. The molecule has 0 aliphatic rings. The van der Waals surface area contributed by atoms with E-state index in [9.17, 15) is 4.79 Å². The number of hydrogen-bond donors (Lipinski definition) is 1. The van der Waals surface area contributed by atoms with Crippen LogP contribution in [0.4, 0.5) is 0 Å². The Kier molecular flexibility index (Phi) is 5.88. The van der Waals surface area contributed by atoms with Gasteiger partial charge in [0.25, 0.3) is 0 Å². The lowest BCUT2D eigenvalue weighted by Gasteiger charge is -2.28. The molecule has 0 aromatic heterocycles. The molecule has 1 atom stereocenters. The Balaban J connectivity index is 2.87. The number of nitrogens with one attached hydrogen (secondary N) is 1. The van der Waals surface area contributed by atoms with Gasteiger partial charge in [0.15, 0.2) is 0 Å². The van der Waals surface area contributed by atoms with Crippen LogP contribution in [0.3, 0.4) is 0 Å². The minimum atomic E-state index is -0.837. The number of carbonyl (C=O) groups is 1. The fourth-order valence-electron chi connectivity index (χ4n) is 1.75. The summed E-state index contributed by atoms with van der Waals surface area (Å²) in [5.74, 6) is 2.17.